The predicted molar refractivity (Wildman–Crippen MR) is 66.2 cm³/mol. The lowest BCUT2D eigenvalue weighted by molar-refractivity contribution is 0.632. The molecular weight excluding hydrogens is 254 g/mol. The summed E-state index contributed by atoms with van der Waals surface area (Å²) in [5.41, 5.74) is 1.18. The van der Waals surface area contributed by atoms with Gasteiger partial charge >= 0.3 is 0 Å². The van der Waals surface area contributed by atoms with E-state index in [4.69, 9.17) is 0 Å². The molecule has 1 atom stereocenters. The Hall–Kier alpha value is -0.610. The van der Waals surface area contributed by atoms with Crippen LogP contribution in [-0.2, 0) is 0 Å². The minimum absolute atomic E-state index is 0.606. The molecule has 1 aliphatic rings. The molecule has 1 aromatic rings. The molecule has 15 heavy (non-hydrogen) atoms. The minimum Gasteiger partial charge on any atom is -0.368 e. The maximum Gasteiger partial charge on any atom is 0.128 e. The first-order valence-corrected chi connectivity index (χ1v) is 6.14. The summed E-state index contributed by atoms with van der Waals surface area (Å²) in [6, 6.07) is 2.69. The fourth-order valence-corrected chi connectivity index (χ4v) is 2.32. The van der Waals surface area contributed by atoms with Crippen molar-refractivity contribution in [3.05, 3.63) is 22.3 Å². The zero-order valence-electron chi connectivity index (χ0n) is 8.89. The van der Waals surface area contributed by atoms with E-state index in [1.54, 1.807) is 0 Å². The number of hydrogen-bond acceptors (Lipinski definition) is 3. The van der Waals surface area contributed by atoms with Gasteiger partial charge in [0.2, 0.25) is 0 Å². The number of pyridine rings is 1. The van der Waals surface area contributed by atoms with Crippen LogP contribution in [0.1, 0.15) is 18.4 Å². The molecule has 2 N–H and O–H groups in total. The van der Waals surface area contributed by atoms with Gasteiger partial charge in [0.15, 0.2) is 0 Å². The van der Waals surface area contributed by atoms with E-state index in [9.17, 15) is 0 Å². The zero-order valence-corrected chi connectivity index (χ0v) is 10.5. The molecule has 3 nitrogen and oxygen atoms in total. The fraction of sp³-hybridized carbons (Fsp3) is 0.545. The lowest BCUT2D eigenvalue weighted by Crippen LogP contribution is -2.29. The van der Waals surface area contributed by atoms with Crippen molar-refractivity contribution in [3.8, 4) is 0 Å². The molecule has 0 aliphatic carbocycles. The number of nitrogens with zero attached hydrogens (tertiary/aromatic N) is 1. The number of rotatable bonds is 3. The van der Waals surface area contributed by atoms with E-state index < -0.39 is 0 Å². The SMILES string of the molecule is Cc1cc(Br)cnc1NCC1CCCN1. The first-order valence-electron chi connectivity index (χ1n) is 5.35. The van der Waals surface area contributed by atoms with Crippen LogP contribution < -0.4 is 10.6 Å². The Morgan fingerprint density at radius 1 is 1.67 bits per heavy atom. The van der Waals surface area contributed by atoms with E-state index in [0.29, 0.717) is 6.04 Å². The Morgan fingerprint density at radius 3 is 3.20 bits per heavy atom. The number of hydrogen-bond donors (Lipinski definition) is 2. The van der Waals surface area contributed by atoms with Crippen molar-refractivity contribution in [2.24, 2.45) is 0 Å². The van der Waals surface area contributed by atoms with Gasteiger partial charge in [0, 0.05) is 23.3 Å². The molecule has 1 aromatic heterocycles. The number of aromatic nitrogens is 1. The van der Waals surface area contributed by atoms with Crippen LogP contribution in [0.3, 0.4) is 0 Å². The van der Waals surface area contributed by atoms with Crippen LogP contribution in [0, 0.1) is 6.92 Å². The number of halogens is 1. The largest absolute Gasteiger partial charge is 0.368 e. The first-order chi connectivity index (χ1) is 7.25. The smallest absolute Gasteiger partial charge is 0.128 e. The molecule has 2 heterocycles. The molecule has 1 aliphatic heterocycles. The molecule has 1 saturated heterocycles. The molecule has 0 amide bonds. The summed E-state index contributed by atoms with van der Waals surface area (Å²) in [5.74, 6) is 0.993. The maximum atomic E-state index is 4.35. The van der Waals surface area contributed by atoms with Gasteiger partial charge in [0.25, 0.3) is 0 Å². The lowest BCUT2D eigenvalue weighted by Gasteiger charge is -2.13. The van der Waals surface area contributed by atoms with E-state index in [1.807, 2.05) is 6.20 Å². The van der Waals surface area contributed by atoms with Crippen LogP contribution in [-0.4, -0.2) is 24.1 Å². The van der Waals surface area contributed by atoms with Gasteiger partial charge in [0.05, 0.1) is 0 Å². The van der Waals surface area contributed by atoms with E-state index in [-0.39, 0.29) is 0 Å². The molecule has 82 valence electrons. The first kappa shape index (κ1) is 10.9. The number of anilines is 1. The Morgan fingerprint density at radius 2 is 2.53 bits per heavy atom. The van der Waals surface area contributed by atoms with Crippen LogP contribution in [0.15, 0.2) is 16.7 Å². The highest BCUT2D eigenvalue weighted by atomic mass is 79.9. The summed E-state index contributed by atoms with van der Waals surface area (Å²) in [6.07, 6.45) is 4.39. The highest BCUT2D eigenvalue weighted by Gasteiger charge is 2.13. The average Bonchev–Trinajstić information content (AvgIpc) is 2.69. The van der Waals surface area contributed by atoms with Crippen LogP contribution >= 0.6 is 15.9 Å². The summed E-state index contributed by atoms with van der Waals surface area (Å²) in [5, 5.41) is 6.85. The summed E-state index contributed by atoms with van der Waals surface area (Å²) >= 11 is 3.41. The van der Waals surface area contributed by atoms with Gasteiger partial charge in [-0.2, -0.15) is 0 Å². The van der Waals surface area contributed by atoms with Crippen molar-refractivity contribution >= 4 is 21.7 Å². The summed E-state index contributed by atoms with van der Waals surface area (Å²) in [6.45, 7) is 4.19. The number of aryl methyl sites for hydroxylation is 1. The molecule has 0 spiro atoms. The van der Waals surface area contributed by atoms with Crippen molar-refractivity contribution in [2.45, 2.75) is 25.8 Å². The third kappa shape index (κ3) is 2.92. The zero-order chi connectivity index (χ0) is 10.7. The molecule has 0 aromatic carbocycles. The molecule has 0 radical (unpaired) electrons. The Balaban J connectivity index is 1.92. The minimum atomic E-state index is 0.606. The van der Waals surface area contributed by atoms with Crippen LogP contribution in [0.4, 0.5) is 5.82 Å². The fourth-order valence-electron chi connectivity index (χ4n) is 1.88. The standard InChI is InChI=1S/C11H16BrN3/c1-8-5-9(12)6-14-11(8)15-7-10-3-2-4-13-10/h5-6,10,13H,2-4,7H2,1H3,(H,14,15). The van der Waals surface area contributed by atoms with Crippen molar-refractivity contribution in [2.75, 3.05) is 18.4 Å². The maximum absolute atomic E-state index is 4.35. The van der Waals surface area contributed by atoms with Crippen LogP contribution in [0.25, 0.3) is 0 Å². The Labute approximate surface area is 98.8 Å². The second kappa shape index (κ2) is 4.94. The van der Waals surface area contributed by atoms with Gasteiger partial charge in [0.1, 0.15) is 5.82 Å². The van der Waals surface area contributed by atoms with Crippen molar-refractivity contribution in [1.82, 2.24) is 10.3 Å². The van der Waals surface area contributed by atoms with Gasteiger partial charge in [-0.05, 0) is 53.9 Å². The van der Waals surface area contributed by atoms with Crippen LogP contribution in [0.2, 0.25) is 0 Å². The average molecular weight is 270 g/mol. The summed E-state index contributed by atoms with van der Waals surface area (Å²) < 4.78 is 1.03. The summed E-state index contributed by atoms with van der Waals surface area (Å²) in [4.78, 5) is 4.35. The molecule has 0 bridgehead atoms. The highest BCUT2D eigenvalue weighted by Crippen LogP contribution is 2.17. The summed E-state index contributed by atoms with van der Waals surface area (Å²) in [7, 11) is 0. The van der Waals surface area contributed by atoms with Gasteiger partial charge < -0.3 is 10.6 Å². The number of nitrogens with one attached hydrogen (secondary N) is 2. The molecule has 1 fully saturated rings. The molecule has 1 unspecified atom stereocenters. The van der Waals surface area contributed by atoms with Crippen molar-refractivity contribution in [3.63, 3.8) is 0 Å². The lowest BCUT2D eigenvalue weighted by atomic mass is 10.2. The van der Waals surface area contributed by atoms with E-state index in [1.165, 1.54) is 18.4 Å². The molecule has 2 rings (SSSR count). The Bertz CT molecular complexity index is 335. The monoisotopic (exact) mass is 269 g/mol. The van der Waals surface area contributed by atoms with Gasteiger partial charge in [-0.3, -0.25) is 0 Å². The van der Waals surface area contributed by atoms with E-state index in [0.717, 1.165) is 23.4 Å². The van der Waals surface area contributed by atoms with Crippen LogP contribution in [0.5, 0.6) is 0 Å². The Kier molecular flexibility index (Phi) is 3.59. The van der Waals surface area contributed by atoms with E-state index >= 15 is 0 Å². The van der Waals surface area contributed by atoms with Gasteiger partial charge in [-0.25, -0.2) is 4.98 Å². The third-order valence-electron chi connectivity index (χ3n) is 2.72. The van der Waals surface area contributed by atoms with Crippen molar-refractivity contribution < 1.29 is 0 Å². The van der Waals surface area contributed by atoms with Gasteiger partial charge in [-0.15, -0.1) is 0 Å². The molecular formula is C11H16BrN3. The second-order valence-electron chi connectivity index (χ2n) is 3.99. The molecule has 0 saturated carbocycles. The predicted octanol–water partition coefficient (Wildman–Crippen LogP) is 2.32. The normalized spacial score (nSPS) is 20.5. The quantitative estimate of drug-likeness (QED) is 0.885. The second-order valence-corrected chi connectivity index (χ2v) is 4.91. The molecule has 4 heteroatoms. The van der Waals surface area contributed by atoms with E-state index in [2.05, 4.69) is 44.5 Å². The van der Waals surface area contributed by atoms with Crippen molar-refractivity contribution in [1.29, 1.82) is 0 Å². The third-order valence-corrected chi connectivity index (χ3v) is 3.16. The highest BCUT2D eigenvalue weighted by molar-refractivity contribution is 9.10. The van der Waals surface area contributed by atoms with Gasteiger partial charge in [-0.1, -0.05) is 0 Å². The topological polar surface area (TPSA) is 37.0 Å².